The lowest BCUT2D eigenvalue weighted by Crippen LogP contribution is -2.50. The summed E-state index contributed by atoms with van der Waals surface area (Å²) in [6.45, 7) is 3.19. The Morgan fingerprint density at radius 2 is 1.68 bits per heavy atom. The Balaban J connectivity index is 5.27. The number of halogens is 3. The van der Waals surface area contributed by atoms with E-state index in [0.29, 0.717) is 0 Å². The van der Waals surface area contributed by atoms with E-state index in [4.69, 9.17) is 0 Å². The van der Waals surface area contributed by atoms with Crippen molar-refractivity contribution >= 4 is 41.0 Å². The smallest absolute Gasteiger partial charge is 0.336 e. The highest BCUT2D eigenvalue weighted by molar-refractivity contribution is 14.1. The molecule has 110 valence electrons. The van der Waals surface area contributed by atoms with Gasteiger partial charge in [-0.2, -0.15) is 8.78 Å². The SMILES string of the molecule is CC(=O)O[C@@H]([C@H](C)OC=O)[C@@H](OC(C)=O)C(F)(F)I. The Kier molecular flexibility index (Phi) is 7.16. The molecule has 6 nitrogen and oxygen atoms in total. The molecule has 0 unspecified atom stereocenters. The summed E-state index contributed by atoms with van der Waals surface area (Å²) in [6.07, 6.45) is -4.88. The fourth-order valence-electron chi connectivity index (χ4n) is 1.26. The van der Waals surface area contributed by atoms with Crippen LogP contribution < -0.4 is 0 Å². The van der Waals surface area contributed by atoms with Crippen molar-refractivity contribution in [2.24, 2.45) is 0 Å². The summed E-state index contributed by atoms with van der Waals surface area (Å²) >= 11 is 0.750. The van der Waals surface area contributed by atoms with E-state index < -0.39 is 34.2 Å². The minimum atomic E-state index is -3.51. The first-order valence-corrected chi connectivity index (χ1v) is 6.17. The van der Waals surface area contributed by atoms with Crippen LogP contribution in [0.3, 0.4) is 0 Å². The van der Waals surface area contributed by atoms with Gasteiger partial charge in [0.05, 0.1) is 0 Å². The van der Waals surface area contributed by atoms with Gasteiger partial charge in [-0.15, -0.1) is 0 Å². The maximum absolute atomic E-state index is 13.4. The van der Waals surface area contributed by atoms with Gasteiger partial charge in [-0.05, 0) is 6.92 Å². The second-order valence-electron chi connectivity index (χ2n) is 3.58. The Hall–Kier alpha value is -1.00. The number of hydrogen-bond acceptors (Lipinski definition) is 6. The Morgan fingerprint density at radius 1 is 1.21 bits per heavy atom. The van der Waals surface area contributed by atoms with Crippen molar-refractivity contribution in [3.8, 4) is 0 Å². The highest BCUT2D eigenvalue weighted by Crippen LogP contribution is 2.33. The molecule has 0 bridgehead atoms. The maximum Gasteiger partial charge on any atom is 0.336 e. The molecule has 0 aromatic carbocycles. The molecule has 0 heterocycles. The predicted octanol–water partition coefficient (Wildman–Crippen LogP) is 1.44. The van der Waals surface area contributed by atoms with Gasteiger partial charge in [-0.25, -0.2) is 0 Å². The third-order valence-electron chi connectivity index (χ3n) is 1.95. The molecule has 0 aromatic heterocycles. The molecule has 0 aliphatic heterocycles. The second kappa shape index (κ2) is 7.56. The molecule has 0 aliphatic carbocycles. The number of alkyl halides is 3. The van der Waals surface area contributed by atoms with Crippen LogP contribution in [-0.4, -0.2) is 40.7 Å². The third kappa shape index (κ3) is 6.64. The minimum Gasteiger partial charge on any atom is -0.461 e. The summed E-state index contributed by atoms with van der Waals surface area (Å²) in [4.78, 5) is 32.0. The fraction of sp³-hybridized carbons (Fsp3) is 0.700. The summed E-state index contributed by atoms with van der Waals surface area (Å²) in [6, 6.07) is 0. The van der Waals surface area contributed by atoms with Gasteiger partial charge in [-0.1, -0.05) is 0 Å². The lowest BCUT2D eigenvalue weighted by atomic mass is 10.1. The van der Waals surface area contributed by atoms with E-state index in [0.717, 1.165) is 36.4 Å². The molecule has 0 rings (SSSR count). The van der Waals surface area contributed by atoms with Crippen LogP contribution in [0, 0.1) is 0 Å². The number of carbonyl (C=O) groups excluding carboxylic acids is 3. The number of hydrogen-bond donors (Lipinski definition) is 0. The largest absolute Gasteiger partial charge is 0.461 e. The van der Waals surface area contributed by atoms with Crippen molar-refractivity contribution in [2.45, 2.75) is 43.0 Å². The average Bonchev–Trinajstić information content (AvgIpc) is 2.21. The zero-order valence-electron chi connectivity index (χ0n) is 10.4. The van der Waals surface area contributed by atoms with Crippen LogP contribution in [-0.2, 0) is 28.6 Å². The van der Waals surface area contributed by atoms with Gasteiger partial charge in [0.15, 0.2) is 6.10 Å². The molecular weight excluding hydrogens is 381 g/mol. The van der Waals surface area contributed by atoms with E-state index in [1.807, 2.05) is 0 Å². The highest BCUT2D eigenvalue weighted by Gasteiger charge is 2.49. The van der Waals surface area contributed by atoms with Crippen LogP contribution >= 0.6 is 22.6 Å². The quantitative estimate of drug-likeness (QED) is 0.214. The molecule has 0 amide bonds. The first kappa shape index (κ1) is 18.0. The van der Waals surface area contributed by atoms with Crippen molar-refractivity contribution in [1.82, 2.24) is 0 Å². The number of carbonyl (C=O) groups is 3. The number of ether oxygens (including phenoxy) is 3. The van der Waals surface area contributed by atoms with Crippen molar-refractivity contribution < 1.29 is 37.4 Å². The number of rotatable bonds is 7. The molecule has 3 atom stereocenters. The van der Waals surface area contributed by atoms with Gasteiger partial charge in [-0.3, -0.25) is 14.4 Å². The molecular formula is C10H13F2IO6. The van der Waals surface area contributed by atoms with E-state index in [1.54, 1.807) is 0 Å². The van der Waals surface area contributed by atoms with Gasteiger partial charge in [0, 0.05) is 36.4 Å². The van der Waals surface area contributed by atoms with Crippen LogP contribution in [0.1, 0.15) is 20.8 Å². The zero-order chi connectivity index (χ0) is 15.2. The van der Waals surface area contributed by atoms with Crippen LogP contribution in [0.2, 0.25) is 0 Å². The first-order valence-electron chi connectivity index (χ1n) is 5.09. The maximum atomic E-state index is 13.4. The molecule has 0 aromatic rings. The van der Waals surface area contributed by atoms with Gasteiger partial charge in [0.25, 0.3) is 6.47 Å². The molecule has 0 radical (unpaired) electrons. The van der Waals surface area contributed by atoms with Gasteiger partial charge in [0.1, 0.15) is 6.10 Å². The van der Waals surface area contributed by atoms with Crippen LogP contribution in [0.25, 0.3) is 0 Å². The van der Waals surface area contributed by atoms with Crippen molar-refractivity contribution in [1.29, 1.82) is 0 Å². The molecule has 0 N–H and O–H groups in total. The van der Waals surface area contributed by atoms with E-state index in [9.17, 15) is 23.2 Å². The van der Waals surface area contributed by atoms with E-state index in [2.05, 4.69) is 14.2 Å². The molecule has 0 spiro atoms. The highest BCUT2D eigenvalue weighted by atomic mass is 127. The average molecular weight is 394 g/mol. The zero-order valence-corrected chi connectivity index (χ0v) is 12.6. The Morgan fingerprint density at radius 3 is 2.00 bits per heavy atom. The summed E-state index contributed by atoms with van der Waals surface area (Å²) in [5.74, 6) is -1.85. The summed E-state index contributed by atoms with van der Waals surface area (Å²) in [5.41, 5.74) is 0. The van der Waals surface area contributed by atoms with Crippen molar-refractivity contribution in [3.63, 3.8) is 0 Å². The van der Waals surface area contributed by atoms with Gasteiger partial charge in [0.2, 0.25) is 6.10 Å². The number of esters is 2. The van der Waals surface area contributed by atoms with E-state index in [-0.39, 0.29) is 6.47 Å². The Labute approximate surface area is 121 Å². The monoisotopic (exact) mass is 394 g/mol. The first-order chi connectivity index (χ1) is 8.59. The molecule has 0 fully saturated rings. The molecule has 0 aliphatic rings. The molecule has 19 heavy (non-hydrogen) atoms. The third-order valence-corrected chi connectivity index (χ3v) is 2.56. The van der Waals surface area contributed by atoms with Crippen LogP contribution in [0.5, 0.6) is 0 Å². The van der Waals surface area contributed by atoms with Crippen molar-refractivity contribution in [3.05, 3.63) is 0 Å². The molecule has 0 saturated heterocycles. The standard InChI is InChI=1S/C10H13F2IO6/c1-5(17-4-14)8(18-6(2)15)9(10(11,12)13)19-7(3)16/h4-5,8-9H,1-3H3/t5-,8-,9+/m0/s1. The fourth-order valence-corrected chi connectivity index (χ4v) is 1.74. The second-order valence-corrected chi connectivity index (χ2v) is 5.02. The topological polar surface area (TPSA) is 78.9 Å². The lowest BCUT2D eigenvalue weighted by molar-refractivity contribution is -0.194. The van der Waals surface area contributed by atoms with Crippen LogP contribution in [0.4, 0.5) is 8.78 Å². The normalized spacial score (nSPS) is 15.9. The van der Waals surface area contributed by atoms with E-state index in [1.165, 1.54) is 6.92 Å². The summed E-state index contributed by atoms with van der Waals surface area (Å²) in [7, 11) is 0. The minimum absolute atomic E-state index is 0.0251. The lowest BCUT2D eigenvalue weighted by Gasteiger charge is -2.31. The van der Waals surface area contributed by atoms with E-state index >= 15 is 0 Å². The Bertz CT molecular complexity index is 343. The molecule has 9 heteroatoms. The van der Waals surface area contributed by atoms with Crippen LogP contribution in [0.15, 0.2) is 0 Å². The summed E-state index contributed by atoms with van der Waals surface area (Å²) < 4.78 is 37.0. The summed E-state index contributed by atoms with van der Waals surface area (Å²) in [5, 5.41) is 0. The van der Waals surface area contributed by atoms with Crippen molar-refractivity contribution in [2.75, 3.05) is 0 Å². The van der Waals surface area contributed by atoms with Gasteiger partial charge >= 0.3 is 15.9 Å². The predicted molar refractivity (Wildman–Crippen MR) is 66.7 cm³/mol. The van der Waals surface area contributed by atoms with Gasteiger partial charge < -0.3 is 14.2 Å². The molecule has 0 saturated carbocycles.